The Hall–Kier alpha value is -0.590. The van der Waals surface area contributed by atoms with Crippen LogP contribution in [0.2, 0.25) is 0 Å². The second-order valence-electron chi connectivity index (χ2n) is 3.72. The molecular formula is C11H15BrO4S. The number of ether oxygens (including phenoxy) is 1. The summed E-state index contributed by atoms with van der Waals surface area (Å²) in [5.41, 5.74) is 0.478. The SMILES string of the molecule is CCOc1ccc(Br)cc1C(O)CS(C)(=O)=O. The summed E-state index contributed by atoms with van der Waals surface area (Å²) < 4.78 is 28.4. The summed E-state index contributed by atoms with van der Waals surface area (Å²) in [4.78, 5) is 0. The molecule has 96 valence electrons. The van der Waals surface area contributed by atoms with E-state index in [1.807, 2.05) is 6.92 Å². The third-order valence-electron chi connectivity index (χ3n) is 2.09. The first-order chi connectivity index (χ1) is 7.83. The van der Waals surface area contributed by atoms with E-state index >= 15 is 0 Å². The standard InChI is InChI=1S/C11H15BrO4S/c1-3-16-11-5-4-8(12)6-9(11)10(13)7-17(2,14)15/h4-6,10,13H,3,7H2,1-2H3. The molecule has 1 atom stereocenters. The van der Waals surface area contributed by atoms with Crippen LogP contribution in [0.3, 0.4) is 0 Å². The zero-order chi connectivity index (χ0) is 13.1. The molecule has 0 saturated carbocycles. The quantitative estimate of drug-likeness (QED) is 0.899. The Morgan fingerprint density at radius 3 is 2.65 bits per heavy atom. The first-order valence-corrected chi connectivity index (χ1v) is 7.97. The van der Waals surface area contributed by atoms with Gasteiger partial charge in [0.2, 0.25) is 0 Å². The minimum absolute atomic E-state index is 0.316. The highest BCUT2D eigenvalue weighted by atomic mass is 79.9. The zero-order valence-corrected chi connectivity index (χ0v) is 12.1. The van der Waals surface area contributed by atoms with Crippen LogP contribution in [0.25, 0.3) is 0 Å². The van der Waals surface area contributed by atoms with Gasteiger partial charge in [-0.05, 0) is 25.1 Å². The van der Waals surface area contributed by atoms with Gasteiger partial charge in [-0.1, -0.05) is 15.9 Å². The number of hydrogen-bond acceptors (Lipinski definition) is 4. The molecule has 0 aliphatic heterocycles. The molecule has 1 aromatic carbocycles. The average molecular weight is 323 g/mol. The van der Waals surface area contributed by atoms with E-state index in [1.54, 1.807) is 18.2 Å². The maximum atomic E-state index is 11.2. The van der Waals surface area contributed by atoms with Gasteiger partial charge in [-0.2, -0.15) is 0 Å². The Bertz CT molecular complexity index is 484. The Kier molecular flexibility index (Phi) is 4.97. The van der Waals surface area contributed by atoms with E-state index in [1.165, 1.54) is 0 Å². The first kappa shape index (κ1) is 14.5. The fraction of sp³-hybridized carbons (Fsp3) is 0.455. The van der Waals surface area contributed by atoms with Gasteiger partial charge in [-0.25, -0.2) is 8.42 Å². The largest absolute Gasteiger partial charge is 0.493 e. The van der Waals surface area contributed by atoms with Crippen LogP contribution in [-0.2, 0) is 9.84 Å². The molecule has 4 nitrogen and oxygen atoms in total. The highest BCUT2D eigenvalue weighted by molar-refractivity contribution is 9.10. The summed E-state index contributed by atoms with van der Waals surface area (Å²) in [6.07, 6.45) is 0.0122. The van der Waals surface area contributed by atoms with Crippen molar-refractivity contribution in [1.82, 2.24) is 0 Å². The van der Waals surface area contributed by atoms with Gasteiger partial charge in [0.15, 0.2) is 0 Å². The van der Waals surface area contributed by atoms with Crippen LogP contribution in [0.1, 0.15) is 18.6 Å². The van der Waals surface area contributed by atoms with Crippen molar-refractivity contribution < 1.29 is 18.3 Å². The van der Waals surface area contributed by atoms with Gasteiger partial charge in [0, 0.05) is 16.3 Å². The lowest BCUT2D eigenvalue weighted by Crippen LogP contribution is -2.14. The fourth-order valence-corrected chi connectivity index (χ4v) is 2.58. The molecule has 1 rings (SSSR count). The molecule has 0 aliphatic carbocycles. The van der Waals surface area contributed by atoms with Crippen molar-refractivity contribution in [3.05, 3.63) is 28.2 Å². The number of aliphatic hydroxyl groups excluding tert-OH is 1. The van der Waals surface area contributed by atoms with Crippen molar-refractivity contribution in [1.29, 1.82) is 0 Å². The molecule has 1 unspecified atom stereocenters. The van der Waals surface area contributed by atoms with E-state index < -0.39 is 15.9 Å². The Morgan fingerprint density at radius 1 is 1.47 bits per heavy atom. The smallest absolute Gasteiger partial charge is 0.150 e. The van der Waals surface area contributed by atoms with Crippen molar-refractivity contribution in [2.45, 2.75) is 13.0 Å². The molecule has 0 saturated heterocycles. The Labute approximate surface area is 110 Å². The molecule has 1 N–H and O–H groups in total. The molecular weight excluding hydrogens is 308 g/mol. The van der Waals surface area contributed by atoms with E-state index in [2.05, 4.69) is 15.9 Å². The van der Waals surface area contributed by atoms with Gasteiger partial charge >= 0.3 is 0 Å². The molecule has 0 aliphatic rings. The number of aliphatic hydroxyl groups is 1. The first-order valence-electron chi connectivity index (χ1n) is 5.11. The Morgan fingerprint density at radius 2 is 2.12 bits per heavy atom. The number of rotatable bonds is 5. The van der Waals surface area contributed by atoms with Crippen LogP contribution >= 0.6 is 15.9 Å². The molecule has 0 aromatic heterocycles. The van der Waals surface area contributed by atoms with Crippen LogP contribution in [-0.4, -0.2) is 32.1 Å². The predicted molar refractivity (Wildman–Crippen MR) is 70.0 cm³/mol. The summed E-state index contributed by atoms with van der Waals surface area (Å²) in [6, 6.07) is 5.15. The molecule has 0 spiro atoms. The third-order valence-corrected chi connectivity index (χ3v) is 3.51. The van der Waals surface area contributed by atoms with Crippen LogP contribution in [0.4, 0.5) is 0 Å². The van der Waals surface area contributed by atoms with Crippen molar-refractivity contribution in [2.24, 2.45) is 0 Å². The lowest BCUT2D eigenvalue weighted by atomic mass is 10.1. The lowest BCUT2D eigenvalue weighted by Gasteiger charge is -2.15. The second kappa shape index (κ2) is 5.84. The fourth-order valence-electron chi connectivity index (χ4n) is 1.44. The van der Waals surface area contributed by atoms with Gasteiger partial charge in [0.1, 0.15) is 15.6 Å². The van der Waals surface area contributed by atoms with Crippen LogP contribution in [0, 0.1) is 0 Å². The van der Waals surface area contributed by atoms with Crippen molar-refractivity contribution >= 4 is 25.8 Å². The minimum Gasteiger partial charge on any atom is -0.493 e. The van der Waals surface area contributed by atoms with Gasteiger partial charge in [0.05, 0.1) is 18.5 Å². The van der Waals surface area contributed by atoms with Crippen LogP contribution in [0.15, 0.2) is 22.7 Å². The predicted octanol–water partition coefficient (Wildman–Crippen LogP) is 1.93. The summed E-state index contributed by atoms with van der Waals surface area (Å²) in [5, 5.41) is 9.91. The Balaban J connectivity index is 3.05. The van der Waals surface area contributed by atoms with E-state index in [-0.39, 0.29) is 5.75 Å². The number of halogens is 1. The summed E-state index contributed by atoms with van der Waals surface area (Å²) >= 11 is 3.28. The molecule has 17 heavy (non-hydrogen) atoms. The van der Waals surface area contributed by atoms with E-state index in [4.69, 9.17) is 4.74 Å². The van der Waals surface area contributed by atoms with Gasteiger partial charge in [-0.15, -0.1) is 0 Å². The van der Waals surface area contributed by atoms with Crippen molar-refractivity contribution in [3.63, 3.8) is 0 Å². The maximum Gasteiger partial charge on any atom is 0.150 e. The van der Waals surface area contributed by atoms with Gasteiger partial charge in [-0.3, -0.25) is 0 Å². The molecule has 6 heteroatoms. The topological polar surface area (TPSA) is 63.6 Å². The van der Waals surface area contributed by atoms with E-state index in [0.29, 0.717) is 17.9 Å². The van der Waals surface area contributed by atoms with Gasteiger partial charge < -0.3 is 9.84 Å². The normalized spacial score (nSPS) is 13.4. The molecule has 0 amide bonds. The highest BCUT2D eigenvalue weighted by Crippen LogP contribution is 2.29. The zero-order valence-electron chi connectivity index (χ0n) is 9.68. The average Bonchev–Trinajstić information content (AvgIpc) is 2.18. The maximum absolute atomic E-state index is 11.2. The summed E-state index contributed by atoms with van der Waals surface area (Å²) in [7, 11) is -3.24. The number of sulfone groups is 1. The van der Waals surface area contributed by atoms with Crippen LogP contribution < -0.4 is 4.74 Å². The third kappa shape index (κ3) is 4.65. The molecule has 0 heterocycles. The lowest BCUT2D eigenvalue weighted by molar-refractivity contribution is 0.194. The van der Waals surface area contributed by atoms with Crippen molar-refractivity contribution in [3.8, 4) is 5.75 Å². The number of benzene rings is 1. The monoisotopic (exact) mass is 322 g/mol. The number of hydrogen-bond donors (Lipinski definition) is 1. The highest BCUT2D eigenvalue weighted by Gasteiger charge is 2.18. The van der Waals surface area contributed by atoms with Crippen LogP contribution in [0.5, 0.6) is 5.75 Å². The van der Waals surface area contributed by atoms with E-state index in [0.717, 1.165) is 10.7 Å². The molecule has 0 bridgehead atoms. The van der Waals surface area contributed by atoms with E-state index in [9.17, 15) is 13.5 Å². The molecule has 1 aromatic rings. The second-order valence-corrected chi connectivity index (χ2v) is 6.82. The minimum atomic E-state index is -3.24. The molecule has 0 fully saturated rings. The molecule has 0 radical (unpaired) electrons. The van der Waals surface area contributed by atoms with Gasteiger partial charge in [0.25, 0.3) is 0 Å². The van der Waals surface area contributed by atoms with Crippen molar-refractivity contribution in [2.75, 3.05) is 18.6 Å². The summed E-state index contributed by atoms with van der Waals surface area (Å²) in [6.45, 7) is 2.29. The summed E-state index contributed by atoms with van der Waals surface area (Å²) in [5.74, 6) is 0.190.